The van der Waals surface area contributed by atoms with Gasteiger partial charge < -0.3 is 14.4 Å². The number of hydrogen-bond acceptors (Lipinski definition) is 5. The Morgan fingerprint density at radius 2 is 0.542 bits per heavy atom. The first kappa shape index (κ1) is 57.9. The van der Waals surface area contributed by atoms with E-state index in [1.807, 2.05) is 0 Å². The van der Waals surface area contributed by atoms with E-state index in [1.54, 1.807) is 0 Å². The van der Waals surface area contributed by atoms with Crippen molar-refractivity contribution in [1.82, 2.24) is 4.90 Å². The van der Waals surface area contributed by atoms with Crippen molar-refractivity contribution in [2.45, 2.75) is 291 Å². The molecule has 0 fully saturated rings. The summed E-state index contributed by atoms with van der Waals surface area (Å²) in [5, 5.41) is 0. The molecule has 0 aromatic heterocycles. The zero-order chi connectivity index (χ0) is 43.1. The highest BCUT2D eigenvalue weighted by molar-refractivity contribution is 5.72. The lowest BCUT2D eigenvalue weighted by Gasteiger charge is -2.22. The third kappa shape index (κ3) is 40.7. The largest absolute Gasteiger partial charge is 0.465 e. The number of carbonyl (C=O) groups excluding carboxylic acids is 2. The Morgan fingerprint density at radius 1 is 0.305 bits per heavy atom. The van der Waals surface area contributed by atoms with Crippen molar-refractivity contribution in [2.24, 2.45) is 11.8 Å². The minimum atomic E-state index is 0.0871. The standard InChI is InChI=1S/C54H107NO4/c1-6-11-16-20-28-36-44-51(42-34-18-13-8-3)53(56)58-49-40-32-26-22-24-30-38-47-55(46-15-10-5)48-39-31-25-23-27-33-41-50-59-54(57)52(43-35-19-14-9-4)45-37-29-21-17-12-7-2/h51-52H,6-50H2,1-5H3. The van der Waals surface area contributed by atoms with Crippen LogP contribution in [0.25, 0.3) is 0 Å². The van der Waals surface area contributed by atoms with Crippen LogP contribution in [0, 0.1) is 11.8 Å². The third-order valence-electron chi connectivity index (χ3n) is 12.8. The molecule has 0 aliphatic carbocycles. The number of esters is 2. The Bertz CT molecular complexity index is 784. The lowest BCUT2D eigenvalue weighted by atomic mass is 9.94. The van der Waals surface area contributed by atoms with Gasteiger partial charge in [0.25, 0.3) is 0 Å². The van der Waals surface area contributed by atoms with Crippen molar-refractivity contribution in [2.75, 3.05) is 32.8 Å². The van der Waals surface area contributed by atoms with Crippen LogP contribution in [-0.4, -0.2) is 49.7 Å². The minimum Gasteiger partial charge on any atom is -0.465 e. The summed E-state index contributed by atoms with van der Waals surface area (Å²) in [7, 11) is 0. The maximum atomic E-state index is 12.9. The van der Waals surface area contributed by atoms with E-state index in [-0.39, 0.29) is 23.8 Å². The summed E-state index contributed by atoms with van der Waals surface area (Å²) in [6, 6.07) is 0. The molecule has 352 valence electrons. The number of rotatable bonds is 49. The van der Waals surface area contributed by atoms with Crippen LogP contribution in [0.15, 0.2) is 0 Å². The molecule has 0 heterocycles. The van der Waals surface area contributed by atoms with E-state index < -0.39 is 0 Å². The summed E-state index contributed by atoms with van der Waals surface area (Å²) in [6.07, 6.45) is 49.5. The predicted molar refractivity (Wildman–Crippen MR) is 258 cm³/mol. The van der Waals surface area contributed by atoms with Gasteiger partial charge in [0.05, 0.1) is 25.0 Å². The fourth-order valence-electron chi connectivity index (χ4n) is 8.68. The monoisotopic (exact) mass is 834 g/mol. The quantitative estimate of drug-likeness (QED) is 0.0451. The molecule has 0 saturated heterocycles. The highest BCUT2D eigenvalue weighted by atomic mass is 16.5. The minimum absolute atomic E-state index is 0.0871. The second kappa shape index (κ2) is 47.9. The van der Waals surface area contributed by atoms with Gasteiger partial charge in [-0.15, -0.1) is 0 Å². The second-order valence-corrected chi connectivity index (χ2v) is 18.7. The molecule has 0 aliphatic heterocycles. The van der Waals surface area contributed by atoms with Gasteiger partial charge in [0, 0.05) is 0 Å². The third-order valence-corrected chi connectivity index (χ3v) is 12.8. The van der Waals surface area contributed by atoms with Gasteiger partial charge in [0.2, 0.25) is 0 Å². The summed E-state index contributed by atoms with van der Waals surface area (Å²) >= 11 is 0. The molecule has 0 aromatic rings. The predicted octanol–water partition coefficient (Wildman–Crippen LogP) is 17.3. The summed E-state index contributed by atoms with van der Waals surface area (Å²) < 4.78 is 11.6. The Hall–Kier alpha value is -1.10. The Morgan fingerprint density at radius 3 is 0.864 bits per heavy atom. The van der Waals surface area contributed by atoms with E-state index in [0.29, 0.717) is 13.2 Å². The van der Waals surface area contributed by atoms with Crippen molar-refractivity contribution < 1.29 is 19.1 Å². The average molecular weight is 834 g/mol. The normalized spacial score (nSPS) is 12.6. The Balaban J connectivity index is 4.06. The van der Waals surface area contributed by atoms with Crippen LogP contribution in [0.5, 0.6) is 0 Å². The molecule has 0 saturated carbocycles. The van der Waals surface area contributed by atoms with Crippen LogP contribution in [0.2, 0.25) is 0 Å². The van der Waals surface area contributed by atoms with Crippen LogP contribution < -0.4 is 0 Å². The summed E-state index contributed by atoms with van der Waals surface area (Å²) in [5.41, 5.74) is 0. The zero-order valence-electron chi connectivity index (χ0n) is 41.1. The van der Waals surface area contributed by atoms with Crippen molar-refractivity contribution in [3.8, 4) is 0 Å². The molecule has 5 nitrogen and oxygen atoms in total. The van der Waals surface area contributed by atoms with Gasteiger partial charge in [-0.2, -0.15) is 0 Å². The number of unbranched alkanes of at least 4 members (excludes halogenated alkanes) is 29. The van der Waals surface area contributed by atoms with Gasteiger partial charge in [-0.1, -0.05) is 234 Å². The van der Waals surface area contributed by atoms with Crippen LogP contribution in [0.1, 0.15) is 291 Å². The van der Waals surface area contributed by atoms with Gasteiger partial charge >= 0.3 is 11.9 Å². The highest BCUT2D eigenvalue weighted by Crippen LogP contribution is 2.22. The van der Waals surface area contributed by atoms with Gasteiger partial charge in [0.1, 0.15) is 0 Å². The Kier molecular flexibility index (Phi) is 47.0. The van der Waals surface area contributed by atoms with Crippen molar-refractivity contribution in [1.29, 1.82) is 0 Å². The molecule has 59 heavy (non-hydrogen) atoms. The van der Waals surface area contributed by atoms with Gasteiger partial charge in [0.15, 0.2) is 0 Å². The summed E-state index contributed by atoms with van der Waals surface area (Å²) in [4.78, 5) is 28.6. The molecule has 5 heteroatoms. The Labute approximate surface area is 370 Å². The van der Waals surface area contributed by atoms with Crippen molar-refractivity contribution in [3.05, 3.63) is 0 Å². The van der Waals surface area contributed by atoms with E-state index in [1.165, 1.54) is 238 Å². The molecule has 0 aromatic carbocycles. The molecule has 0 radical (unpaired) electrons. The van der Waals surface area contributed by atoms with Crippen molar-refractivity contribution >= 4 is 11.9 Å². The molecule has 0 spiro atoms. The van der Waals surface area contributed by atoms with E-state index in [2.05, 4.69) is 39.5 Å². The topological polar surface area (TPSA) is 55.8 Å². The van der Waals surface area contributed by atoms with Gasteiger partial charge in [-0.05, 0) is 77.4 Å². The van der Waals surface area contributed by atoms with E-state index >= 15 is 0 Å². The zero-order valence-corrected chi connectivity index (χ0v) is 41.1. The molecule has 2 unspecified atom stereocenters. The number of hydrogen-bond donors (Lipinski definition) is 0. The fraction of sp³-hybridized carbons (Fsp3) is 0.963. The average Bonchev–Trinajstić information content (AvgIpc) is 3.24. The first-order valence-corrected chi connectivity index (χ1v) is 27.1. The first-order valence-electron chi connectivity index (χ1n) is 27.1. The number of nitrogens with zero attached hydrogens (tertiary/aromatic N) is 1. The number of ether oxygens (including phenoxy) is 2. The van der Waals surface area contributed by atoms with Crippen LogP contribution in [0.4, 0.5) is 0 Å². The number of carbonyl (C=O) groups is 2. The lowest BCUT2D eigenvalue weighted by Crippen LogP contribution is -2.27. The smallest absolute Gasteiger partial charge is 0.308 e. The maximum absolute atomic E-state index is 12.9. The summed E-state index contributed by atoms with van der Waals surface area (Å²) in [6.45, 7) is 16.3. The molecule has 0 N–H and O–H groups in total. The van der Waals surface area contributed by atoms with E-state index in [0.717, 1.165) is 38.5 Å². The van der Waals surface area contributed by atoms with E-state index in [9.17, 15) is 9.59 Å². The van der Waals surface area contributed by atoms with E-state index in [4.69, 9.17) is 9.47 Å². The maximum Gasteiger partial charge on any atom is 0.308 e. The summed E-state index contributed by atoms with van der Waals surface area (Å²) in [5.74, 6) is 0.420. The van der Waals surface area contributed by atoms with Gasteiger partial charge in [-0.25, -0.2) is 0 Å². The molecular formula is C54H107NO4. The SMILES string of the molecule is CCCCCCCCC(CCCCCC)C(=O)OCCCCCCCCCN(CCCC)CCCCCCCCCOC(=O)C(CCCCCC)CCCCCCCC. The molecule has 2 atom stereocenters. The molecular weight excluding hydrogens is 727 g/mol. The fourth-order valence-corrected chi connectivity index (χ4v) is 8.68. The molecule has 0 rings (SSSR count). The van der Waals surface area contributed by atoms with Gasteiger partial charge in [-0.3, -0.25) is 9.59 Å². The molecule has 0 aliphatic rings. The van der Waals surface area contributed by atoms with Crippen LogP contribution >= 0.6 is 0 Å². The highest BCUT2D eigenvalue weighted by Gasteiger charge is 2.20. The molecule has 0 bridgehead atoms. The molecule has 0 amide bonds. The van der Waals surface area contributed by atoms with Crippen LogP contribution in [0.3, 0.4) is 0 Å². The first-order chi connectivity index (χ1) is 29.0. The second-order valence-electron chi connectivity index (χ2n) is 18.7. The lowest BCUT2D eigenvalue weighted by molar-refractivity contribution is -0.150. The van der Waals surface area contributed by atoms with Crippen LogP contribution in [-0.2, 0) is 19.1 Å². The van der Waals surface area contributed by atoms with Crippen molar-refractivity contribution in [3.63, 3.8) is 0 Å².